The Morgan fingerprint density at radius 2 is 1.76 bits per heavy atom. The molecule has 0 bridgehead atoms. The maximum absolute atomic E-state index is 13.0. The molecular formula is C22H21FN2O3S. The molecule has 0 saturated carbocycles. The van der Waals surface area contributed by atoms with Crippen LogP contribution in [0.4, 0.5) is 9.18 Å². The molecule has 150 valence electrons. The highest BCUT2D eigenvalue weighted by Gasteiger charge is 2.35. The second kappa shape index (κ2) is 8.61. The molecule has 0 atom stereocenters. The number of amides is 3. The van der Waals surface area contributed by atoms with Crippen LogP contribution in [0.15, 0.2) is 59.5 Å². The molecular weight excluding hydrogens is 391 g/mol. The van der Waals surface area contributed by atoms with Crippen LogP contribution in [0.1, 0.15) is 25.0 Å². The van der Waals surface area contributed by atoms with Crippen LogP contribution in [0, 0.1) is 5.82 Å². The van der Waals surface area contributed by atoms with E-state index in [1.54, 1.807) is 6.08 Å². The quantitative estimate of drug-likeness (QED) is 0.730. The third-order valence-corrected chi connectivity index (χ3v) is 5.63. The number of hydrogen-bond donors (Lipinski definition) is 1. The number of rotatable bonds is 6. The molecule has 1 aliphatic rings. The lowest BCUT2D eigenvalue weighted by Gasteiger charge is -2.24. The lowest BCUT2D eigenvalue weighted by atomic mass is 9.84. The van der Waals surface area contributed by atoms with Gasteiger partial charge in [-0.25, -0.2) is 4.39 Å². The average Bonchev–Trinajstić information content (AvgIpc) is 2.97. The number of carbonyl (C=O) groups excluding carboxylic acids is 3. The fourth-order valence-electron chi connectivity index (χ4n) is 2.89. The standard InChI is InChI=1S/C22H21FN2O3S/c1-22(2,16-6-4-3-5-7-16)20(27)24-12-13-25-19(26)18(29-21(25)28)14-15-8-10-17(23)11-9-15/h3-11,14H,12-13H2,1-2H3,(H,24,27)/b18-14+. The van der Waals surface area contributed by atoms with Gasteiger partial charge in [-0.15, -0.1) is 0 Å². The van der Waals surface area contributed by atoms with Crippen molar-refractivity contribution in [2.24, 2.45) is 0 Å². The lowest BCUT2D eigenvalue weighted by Crippen LogP contribution is -2.44. The van der Waals surface area contributed by atoms with Crippen LogP contribution in [-0.2, 0) is 15.0 Å². The van der Waals surface area contributed by atoms with E-state index in [9.17, 15) is 18.8 Å². The van der Waals surface area contributed by atoms with Crippen LogP contribution in [0.5, 0.6) is 0 Å². The Kier molecular flexibility index (Phi) is 6.17. The number of hydrogen-bond acceptors (Lipinski definition) is 4. The van der Waals surface area contributed by atoms with Gasteiger partial charge in [0.15, 0.2) is 0 Å². The first-order valence-electron chi connectivity index (χ1n) is 9.14. The van der Waals surface area contributed by atoms with Crippen molar-refractivity contribution >= 4 is 34.9 Å². The molecule has 1 fully saturated rings. The van der Waals surface area contributed by atoms with Gasteiger partial charge >= 0.3 is 0 Å². The third-order valence-electron chi connectivity index (χ3n) is 4.73. The number of nitrogens with zero attached hydrogens (tertiary/aromatic N) is 1. The minimum atomic E-state index is -0.733. The normalized spacial score (nSPS) is 15.8. The van der Waals surface area contributed by atoms with E-state index in [1.807, 2.05) is 44.2 Å². The van der Waals surface area contributed by atoms with Gasteiger partial charge in [-0.2, -0.15) is 0 Å². The van der Waals surface area contributed by atoms with Crippen LogP contribution in [-0.4, -0.2) is 35.0 Å². The third kappa shape index (κ3) is 4.74. The number of benzene rings is 2. The number of halogens is 1. The zero-order chi connectivity index (χ0) is 21.0. The fraction of sp³-hybridized carbons (Fsp3) is 0.227. The summed E-state index contributed by atoms with van der Waals surface area (Å²) in [5.41, 5.74) is 0.781. The van der Waals surface area contributed by atoms with Crippen molar-refractivity contribution in [2.75, 3.05) is 13.1 Å². The van der Waals surface area contributed by atoms with Gasteiger partial charge in [0, 0.05) is 13.1 Å². The van der Waals surface area contributed by atoms with Gasteiger partial charge in [0.05, 0.1) is 10.3 Å². The van der Waals surface area contributed by atoms with Crippen LogP contribution in [0.3, 0.4) is 0 Å². The van der Waals surface area contributed by atoms with Gasteiger partial charge in [0.25, 0.3) is 11.1 Å². The van der Waals surface area contributed by atoms with E-state index in [0.29, 0.717) is 5.56 Å². The Morgan fingerprint density at radius 1 is 1.10 bits per heavy atom. The molecule has 3 rings (SSSR count). The van der Waals surface area contributed by atoms with E-state index >= 15 is 0 Å². The van der Waals surface area contributed by atoms with Crippen molar-refractivity contribution in [2.45, 2.75) is 19.3 Å². The molecule has 0 aliphatic carbocycles. The van der Waals surface area contributed by atoms with E-state index in [2.05, 4.69) is 5.32 Å². The summed E-state index contributed by atoms with van der Waals surface area (Å²) in [6.07, 6.45) is 1.56. The minimum Gasteiger partial charge on any atom is -0.354 e. The Bertz CT molecular complexity index is 956. The van der Waals surface area contributed by atoms with E-state index in [0.717, 1.165) is 22.2 Å². The van der Waals surface area contributed by atoms with E-state index in [-0.39, 0.29) is 35.0 Å². The van der Waals surface area contributed by atoms with Crippen molar-refractivity contribution in [3.05, 3.63) is 76.4 Å². The van der Waals surface area contributed by atoms with Crippen molar-refractivity contribution in [3.63, 3.8) is 0 Å². The summed E-state index contributed by atoms with van der Waals surface area (Å²) in [4.78, 5) is 38.7. The Labute approximate surface area is 173 Å². The van der Waals surface area contributed by atoms with Gasteiger partial charge < -0.3 is 5.32 Å². The van der Waals surface area contributed by atoms with Gasteiger partial charge in [-0.1, -0.05) is 42.5 Å². The summed E-state index contributed by atoms with van der Waals surface area (Å²) >= 11 is 0.834. The number of thioether (sulfide) groups is 1. The van der Waals surface area contributed by atoms with Crippen LogP contribution < -0.4 is 5.32 Å². The second-order valence-electron chi connectivity index (χ2n) is 7.13. The summed E-state index contributed by atoms with van der Waals surface area (Å²) < 4.78 is 13.0. The summed E-state index contributed by atoms with van der Waals surface area (Å²) in [7, 11) is 0. The lowest BCUT2D eigenvalue weighted by molar-refractivity contribution is -0.126. The fourth-order valence-corrected chi connectivity index (χ4v) is 3.76. The Morgan fingerprint density at radius 3 is 2.41 bits per heavy atom. The zero-order valence-corrected chi connectivity index (χ0v) is 17.0. The predicted molar refractivity (Wildman–Crippen MR) is 112 cm³/mol. The topological polar surface area (TPSA) is 66.5 Å². The maximum atomic E-state index is 13.0. The number of nitrogens with one attached hydrogen (secondary N) is 1. The zero-order valence-electron chi connectivity index (χ0n) is 16.1. The highest BCUT2D eigenvalue weighted by molar-refractivity contribution is 8.18. The minimum absolute atomic E-state index is 0.0854. The second-order valence-corrected chi connectivity index (χ2v) is 8.13. The highest BCUT2D eigenvalue weighted by atomic mass is 32.2. The molecule has 1 N–H and O–H groups in total. The summed E-state index contributed by atoms with van der Waals surface area (Å²) in [5.74, 6) is -0.970. The van der Waals surface area contributed by atoms with Crippen molar-refractivity contribution in [3.8, 4) is 0 Å². The molecule has 1 heterocycles. The number of carbonyl (C=O) groups is 3. The molecule has 2 aromatic rings. The molecule has 0 unspecified atom stereocenters. The monoisotopic (exact) mass is 412 g/mol. The van der Waals surface area contributed by atoms with Crippen molar-refractivity contribution < 1.29 is 18.8 Å². The van der Waals surface area contributed by atoms with Crippen molar-refractivity contribution in [1.82, 2.24) is 10.2 Å². The maximum Gasteiger partial charge on any atom is 0.293 e. The van der Waals surface area contributed by atoms with Gasteiger partial charge in [-0.3, -0.25) is 19.3 Å². The molecule has 0 aromatic heterocycles. The van der Waals surface area contributed by atoms with Crippen LogP contribution in [0.2, 0.25) is 0 Å². The molecule has 3 amide bonds. The molecule has 5 nitrogen and oxygen atoms in total. The van der Waals surface area contributed by atoms with E-state index in [1.165, 1.54) is 24.3 Å². The Balaban J connectivity index is 1.59. The summed E-state index contributed by atoms with van der Waals surface area (Å²) in [6.45, 7) is 3.89. The van der Waals surface area contributed by atoms with Crippen LogP contribution in [0.25, 0.3) is 6.08 Å². The smallest absolute Gasteiger partial charge is 0.293 e. The van der Waals surface area contributed by atoms with Crippen LogP contribution >= 0.6 is 11.8 Å². The Hall–Kier alpha value is -2.93. The first kappa shape index (κ1) is 20.8. The van der Waals surface area contributed by atoms with E-state index in [4.69, 9.17) is 0 Å². The molecule has 7 heteroatoms. The SMILES string of the molecule is CC(C)(C(=O)NCCN1C(=O)S/C(=C/c2ccc(F)cc2)C1=O)c1ccccc1. The van der Waals surface area contributed by atoms with Gasteiger partial charge in [0.1, 0.15) is 5.82 Å². The highest BCUT2D eigenvalue weighted by Crippen LogP contribution is 2.32. The largest absolute Gasteiger partial charge is 0.354 e. The van der Waals surface area contributed by atoms with Gasteiger partial charge in [-0.05, 0) is 54.9 Å². The predicted octanol–water partition coefficient (Wildman–Crippen LogP) is 3.96. The van der Waals surface area contributed by atoms with E-state index < -0.39 is 11.3 Å². The summed E-state index contributed by atoms with van der Waals surface area (Å²) in [6, 6.07) is 15.1. The molecule has 1 aliphatic heterocycles. The molecule has 2 aromatic carbocycles. The number of imide groups is 1. The molecule has 0 radical (unpaired) electrons. The average molecular weight is 412 g/mol. The van der Waals surface area contributed by atoms with Crippen molar-refractivity contribution in [1.29, 1.82) is 0 Å². The first-order valence-corrected chi connectivity index (χ1v) is 9.95. The first-order chi connectivity index (χ1) is 13.8. The molecule has 29 heavy (non-hydrogen) atoms. The molecule has 1 saturated heterocycles. The summed E-state index contributed by atoms with van der Waals surface area (Å²) in [5, 5.41) is 2.42. The van der Waals surface area contributed by atoms with Gasteiger partial charge in [0.2, 0.25) is 5.91 Å². The molecule has 0 spiro atoms.